The van der Waals surface area contributed by atoms with E-state index < -0.39 is 5.79 Å². The molecule has 0 unspecified atom stereocenters. The van der Waals surface area contributed by atoms with E-state index in [1.54, 1.807) is 0 Å². The van der Waals surface area contributed by atoms with Crippen molar-refractivity contribution in [2.24, 2.45) is 5.73 Å². The third-order valence-electron chi connectivity index (χ3n) is 1.99. The largest absolute Gasteiger partial charge is 0.469 e. The minimum atomic E-state index is -0.867. The molecule has 13 heavy (non-hydrogen) atoms. The first kappa shape index (κ1) is 12.3. The van der Waals surface area contributed by atoms with Gasteiger partial charge < -0.3 is 19.9 Å². The molecule has 0 saturated carbocycles. The molecule has 0 atom stereocenters. The van der Waals surface area contributed by atoms with E-state index >= 15 is 0 Å². The number of carbonyl (C=O) groups excluding carboxylic acids is 1. The zero-order valence-corrected chi connectivity index (χ0v) is 8.33. The predicted octanol–water partition coefficient (Wildman–Crippen LogP) is -0.113. The summed E-state index contributed by atoms with van der Waals surface area (Å²) in [5.41, 5.74) is 5.45. The van der Waals surface area contributed by atoms with Crippen LogP contribution in [0.2, 0.25) is 0 Å². The van der Waals surface area contributed by atoms with Gasteiger partial charge in [0.2, 0.25) is 0 Å². The van der Waals surface area contributed by atoms with Gasteiger partial charge in [0, 0.05) is 27.2 Å². The van der Waals surface area contributed by atoms with Gasteiger partial charge >= 0.3 is 5.97 Å². The summed E-state index contributed by atoms with van der Waals surface area (Å²) in [5, 5.41) is 0. The molecule has 0 bridgehead atoms. The Balaban J connectivity index is 4.02. The Morgan fingerprint density at radius 1 is 1.31 bits per heavy atom. The predicted molar refractivity (Wildman–Crippen MR) is 47.1 cm³/mol. The first-order valence-electron chi connectivity index (χ1n) is 4.01. The summed E-state index contributed by atoms with van der Waals surface area (Å²) >= 11 is 0. The van der Waals surface area contributed by atoms with Gasteiger partial charge in [-0.1, -0.05) is 0 Å². The Kier molecular flexibility index (Phi) is 5.61. The average molecular weight is 191 g/mol. The molecule has 0 fully saturated rings. The van der Waals surface area contributed by atoms with Crippen molar-refractivity contribution in [1.82, 2.24) is 0 Å². The summed E-state index contributed by atoms with van der Waals surface area (Å²) in [5.74, 6) is -1.17. The molecule has 2 N–H and O–H groups in total. The molecule has 0 spiro atoms. The summed E-state index contributed by atoms with van der Waals surface area (Å²) in [6, 6.07) is 0. The van der Waals surface area contributed by atoms with Crippen molar-refractivity contribution in [2.75, 3.05) is 27.9 Å². The van der Waals surface area contributed by atoms with Crippen LogP contribution in [0.3, 0.4) is 0 Å². The molecule has 0 aliphatic heterocycles. The maximum absolute atomic E-state index is 10.8. The molecule has 0 heterocycles. The summed E-state index contributed by atoms with van der Waals surface area (Å²) < 4.78 is 14.6. The third-order valence-corrected chi connectivity index (χ3v) is 1.99. The fourth-order valence-corrected chi connectivity index (χ4v) is 0.951. The minimum absolute atomic E-state index is 0.205. The number of esters is 1. The van der Waals surface area contributed by atoms with Gasteiger partial charge in [0.1, 0.15) is 0 Å². The molecule has 0 aliphatic rings. The molecule has 0 aromatic rings. The topological polar surface area (TPSA) is 70.8 Å². The van der Waals surface area contributed by atoms with Crippen molar-refractivity contribution >= 4 is 5.97 Å². The van der Waals surface area contributed by atoms with E-state index in [-0.39, 0.29) is 18.9 Å². The molecule has 0 aliphatic carbocycles. The second-order valence-electron chi connectivity index (χ2n) is 2.60. The van der Waals surface area contributed by atoms with Crippen LogP contribution < -0.4 is 5.73 Å². The molecular formula is C8H17NO4. The summed E-state index contributed by atoms with van der Waals surface area (Å²) in [6.45, 7) is 0.205. The average Bonchev–Trinajstić information content (AvgIpc) is 2.20. The van der Waals surface area contributed by atoms with Gasteiger partial charge in [-0.05, 0) is 0 Å². The number of hydrogen-bond acceptors (Lipinski definition) is 5. The van der Waals surface area contributed by atoms with Crippen LogP contribution in [0.4, 0.5) is 0 Å². The normalized spacial score (nSPS) is 11.4. The number of ether oxygens (including phenoxy) is 3. The summed E-state index contributed by atoms with van der Waals surface area (Å²) in [7, 11) is 4.33. The number of methoxy groups -OCH3 is 3. The van der Waals surface area contributed by atoms with Gasteiger partial charge in [0.25, 0.3) is 0 Å². The lowest BCUT2D eigenvalue weighted by Crippen LogP contribution is -2.42. The summed E-state index contributed by atoms with van der Waals surface area (Å²) in [6.07, 6.45) is 0.624. The molecule has 0 saturated heterocycles. The number of carbonyl (C=O) groups is 1. The fourth-order valence-electron chi connectivity index (χ4n) is 0.951. The third kappa shape index (κ3) is 3.71. The first-order chi connectivity index (χ1) is 6.14. The van der Waals surface area contributed by atoms with E-state index in [9.17, 15) is 4.79 Å². The summed E-state index contributed by atoms with van der Waals surface area (Å²) in [4.78, 5) is 10.8. The molecule has 0 amide bonds. The first-order valence-corrected chi connectivity index (χ1v) is 4.01. The highest BCUT2D eigenvalue weighted by Gasteiger charge is 2.28. The number of nitrogens with two attached hydrogens (primary N) is 1. The molecule has 0 radical (unpaired) electrons. The number of hydrogen-bond donors (Lipinski definition) is 1. The second kappa shape index (κ2) is 5.90. The van der Waals surface area contributed by atoms with E-state index in [2.05, 4.69) is 4.74 Å². The van der Waals surface area contributed by atoms with E-state index in [0.717, 1.165) is 0 Å². The van der Waals surface area contributed by atoms with Gasteiger partial charge in [-0.3, -0.25) is 4.79 Å². The van der Waals surface area contributed by atoms with Crippen LogP contribution in [-0.4, -0.2) is 39.6 Å². The van der Waals surface area contributed by atoms with E-state index in [4.69, 9.17) is 15.2 Å². The molecular weight excluding hydrogens is 174 g/mol. The van der Waals surface area contributed by atoms with Crippen LogP contribution in [-0.2, 0) is 19.0 Å². The quantitative estimate of drug-likeness (QED) is 0.468. The van der Waals surface area contributed by atoms with Crippen LogP contribution in [0.25, 0.3) is 0 Å². The fraction of sp³-hybridized carbons (Fsp3) is 0.875. The van der Waals surface area contributed by atoms with Crippen molar-refractivity contribution in [2.45, 2.75) is 18.6 Å². The second-order valence-corrected chi connectivity index (χ2v) is 2.60. The monoisotopic (exact) mass is 191 g/mol. The maximum Gasteiger partial charge on any atom is 0.305 e. The van der Waals surface area contributed by atoms with Crippen molar-refractivity contribution in [1.29, 1.82) is 0 Å². The van der Waals surface area contributed by atoms with Gasteiger partial charge in [-0.25, -0.2) is 0 Å². The van der Waals surface area contributed by atoms with Crippen LogP contribution in [0.1, 0.15) is 12.8 Å². The highest BCUT2D eigenvalue weighted by Crippen LogP contribution is 2.16. The Morgan fingerprint density at radius 2 is 1.85 bits per heavy atom. The highest BCUT2D eigenvalue weighted by molar-refractivity contribution is 5.69. The van der Waals surface area contributed by atoms with Crippen LogP contribution >= 0.6 is 0 Å². The van der Waals surface area contributed by atoms with Crippen LogP contribution in [0.5, 0.6) is 0 Å². The van der Waals surface area contributed by atoms with Crippen molar-refractivity contribution < 1.29 is 19.0 Å². The molecule has 0 aromatic carbocycles. The zero-order valence-electron chi connectivity index (χ0n) is 8.33. The molecule has 78 valence electrons. The smallest absolute Gasteiger partial charge is 0.305 e. The lowest BCUT2D eigenvalue weighted by atomic mass is 10.1. The minimum Gasteiger partial charge on any atom is -0.469 e. The standard InChI is InChI=1S/C8H17NO4/c1-11-7(10)4-5-8(6-9,12-2)13-3/h4-6,9H2,1-3H3. The maximum atomic E-state index is 10.8. The van der Waals surface area contributed by atoms with Gasteiger partial charge in [0.05, 0.1) is 13.5 Å². The van der Waals surface area contributed by atoms with Crippen molar-refractivity contribution in [3.8, 4) is 0 Å². The Labute approximate surface area is 78.1 Å². The van der Waals surface area contributed by atoms with E-state index in [0.29, 0.717) is 6.42 Å². The number of rotatable bonds is 6. The van der Waals surface area contributed by atoms with Crippen LogP contribution in [0, 0.1) is 0 Å². The lowest BCUT2D eigenvalue weighted by Gasteiger charge is -2.28. The highest BCUT2D eigenvalue weighted by atomic mass is 16.7. The molecule has 0 rings (SSSR count). The van der Waals surface area contributed by atoms with E-state index in [1.165, 1.54) is 21.3 Å². The molecule has 0 aromatic heterocycles. The Bertz CT molecular complexity index is 148. The van der Waals surface area contributed by atoms with Crippen molar-refractivity contribution in [3.05, 3.63) is 0 Å². The molecule has 5 nitrogen and oxygen atoms in total. The van der Waals surface area contributed by atoms with Gasteiger partial charge in [0.15, 0.2) is 5.79 Å². The van der Waals surface area contributed by atoms with Crippen LogP contribution in [0.15, 0.2) is 0 Å². The van der Waals surface area contributed by atoms with E-state index in [1.807, 2.05) is 0 Å². The van der Waals surface area contributed by atoms with Gasteiger partial charge in [-0.15, -0.1) is 0 Å². The van der Waals surface area contributed by atoms with Gasteiger partial charge in [-0.2, -0.15) is 0 Å². The Morgan fingerprint density at radius 3 is 2.15 bits per heavy atom. The zero-order chi connectivity index (χ0) is 10.3. The lowest BCUT2D eigenvalue weighted by molar-refractivity contribution is -0.205. The van der Waals surface area contributed by atoms with Crippen molar-refractivity contribution in [3.63, 3.8) is 0 Å². The Hall–Kier alpha value is -0.650. The SMILES string of the molecule is COC(=O)CCC(CN)(OC)OC. The molecule has 5 heteroatoms.